The first-order valence-corrected chi connectivity index (χ1v) is 7.98. The predicted octanol–water partition coefficient (Wildman–Crippen LogP) is 2.07. The first-order valence-electron chi connectivity index (χ1n) is 6.59. The average Bonchev–Trinajstić information content (AvgIpc) is 2.27. The number of ether oxygens (including phenoxy) is 1. The zero-order chi connectivity index (χ0) is 13.1. The molecule has 0 aliphatic rings. The number of thioether (sulfide) groups is 1. The number of rotatable bonds is 11. The van der Waals surface area contributed by atoms with Crippen LogP contribution in [0.25, 0.3) is 0 Å². The molecule has 0 aliphatic heterocycles. The minimum absolute atomic E-state index is 0.355. The largest absolute Gasteiger partial charge is 0.379 e. The van der Waals surface area contributed by atoms with Crippen LogP contribution in [0.1, 0.15) is 27.2 Å². The van der Waals surface area contributed by atoms with Gasteiger partial charge in [0.1, 0.15) is 0 Å². The number of nitrogens with zero attached hydrogens (tertiary/aromatic N) is 1. The molecule has 0 aromatic rings. The minimum Gasteiger partial charge on any atom is -0.379 e. The summed E-state index contributed by atoms with van der Waals surface area (Å²) in [6.45, 7) is 10.5. The van der Waals surface area contributed by atoms with Crippen molar-refractivity contribution in [3.63, 3.8) is 0 Å². The van der Waals surface area contributed by atoms with Crippen LogP contribution in [0.2, 0.25) is 0 Å². The molecule has 0 saturated heterocycles. The molecule has 0 aliphatic carbocycles. The predicted molar refractivity (Wildman–Crippen MR) is 79.0 cm³/mol. The molecule has 0 aromatic carbocycles. The highest BCUT2D eigenvalue weighted by atomic mass is 32.2. The third-order valence-electron chi connectivity index (χ3n) is 2.75. The zero-order valence-electron chi connectivity index (χ0n) is 12.2. The van der Waals surface area contributed by atoms with Crippen molar-refractivity contribution in [2.24, 2.45) is 0 Å². The van der Waals surface area contributed by atoms with Crippen LogP contribution in [-0.2, 0) is 4.74 Å². The Kier molecular flexibility index (Phi) is 11.5. The van der Waals surface area contributed by atoms with Crippen LogP contribution in [0.5, 0.6) is 0 Å². The van der Waals surface area contributed by atoms with E-state index in [0.717, 1.165) is 32.7 Å². The summed E-state index contributed by atoms with van der Waals surface area (Å²) in [5.74, 6) is 1.21. The summed E-state index contributed by atoms with van der Waals surface area (Å²) in [6, 6.07) is 0.663. The van der Waals surface area contributed by atoms with Crippen molar-refractivity contribution < 1.29 is 4.74 Å². The second-order valence-electron chi connectivity index (χ2n) is 4.81. The van der Waals surface area contributed by atoms with E-state index in [1.807, 2.05) is 11.8 Å². The lowest BCUT2D eigenvalue weighted by atomic mass is 10.3. The highest BCUT2D eigenvalue weighted by Crippen LogP contribution is 2.02. The molecule has 0 bridgehead atoms. The van der Waals surface area contributed by atoms with Gasteiger partial charge in [0.25, 0.3) is 0 Å². The topological polar surface area (TPSA) is 24.5 Å². The van der Waals surface area contributed by atoms with Crippen LogP contribution >= 0.6 is 11.8 Å². The van der Waals surface area contributed by atoms with Gasteiger partial charge in [0.05, 0.1) is 6.10 Å². The lowest BCUT2D eigenvalue weighted by molar-refractivity contribution is 0.0770. The van der Waals surface area contributed by atoms with E-state index in [-0.39, 0.29) is 0 Å². The van der Waals surface area contributed by atoms with Gasteiger partial charge in [-0.2, -0.15) is 11.8 Å². The van der Waals surface area contributed by atoms with E-state index in [1.165, 1.54) is 5.75 Å². The van der Waals surface area contributed by atoms with Crippen LogP contribution in [-0.4, -0.2) is 62.3 Å². The van der Waals surface area contributed by atoms with E-state index in [9.17, 15) is 0 Å². The van der Waals surface area contributed by atoms with Gasteiger partial charge in [-0.25, -0.2) is 0 Å². The second-order valence-corrected chi connectivity index (χ2v) is 5.72. The maximum atomic E-state index is 5.49. The smallest absolute Gasteiger partial charge is 0.0518 e. The molecule has 4 heteroatoms. The van der Waals surface area contributed by atoms with Gasteiger partial charge < -0.3 is 15.0 Å². The third kappa shape index (κ3) is 11.1. The molecule has 1 unspecified atom stereocenters. The van der Waals surface area contributed by atoms with E-state index in [0.29, 0.717) is 12.1 Å². The lowest BCUT2D eigenvalue weighted by Crippen LogP contribution is -2.37. The van der Waals surface area contributed by atoms with Gasteiger partial charge in [0.2, 0.25) is 0 Å². The van der Waals surface area contributed by atoms with Gasteiger partial charge in [-0.1, -0.05) is 0 Å². The Balaban J connectivity index is 3.27. The normalized spacial score (nSPS) is 13.6. The Morgan fingerprint density at radius 3 is 2.53 bits per heavy atom. The fraction of sp³-hybridized carbons (Fsp3) is 1.00. The monoisotopic (exact) mass is 262 g/mol. The van der Waals surface area contributed by atoms with Gasteiger partial charge >= 0.3 is 0 Å². The SMILES string of the molecule is CSCC(C)N(C)CCNCCCOC(C)C. The number of hydrogen-bond acceptors (Lipinski definition) is 4. The molecule has 3 nitrogen and oxygen atoms in total. The van der Waals surface area contributed by atoms with Gasteiger partial charge in [0, 0.05) is 31.5 Å². The van der Waals surface area contributed by atoms with Gasteiger partial charge in [-0.15, -0.1) is 0 Å². The molecule has 1 N–H and O–H groups in total. The summed E-state index contributed by atoms with van der Waals surface area (Å²) in [7, 11) is 2.20. The van der Waals surface area contributed by atoms with Gasteiger partial charge in [-0.05, 0) is 47.0 Å². The summed E-state index contributed by atoms with van der Waals surface area (Å²) in [4.78, 5) is 2.41. The Bertz CT molecular complexity index is 167. The molecular formula is C13H30N2OS. The van der Waals surface area contributed by atoms with Crippen molar-refractivity contribution >= 4 is 11.8 Å². The number of nitrogens with one attached hydrogen (secondary N) is 1. The lowest BCUT2D eigenvalue weighted by Gasteiger charge is -2.24. The molecule has 17 heavy (non-hydrogen) atoms. The number of likely N-dealkylation sites (N-methyl/N-ethyl adjacent to an activating group) is 1. The molecule has 0 fully saturated rings. The van der Waals surface area contributed by atoms with Crippen LogP contribution < -0.4 is 5.32 Å². The molecule has 0 heterocycles. The van der Waals surface area contributed by atoms with Crippen LogP contribution in [0.4, 0.5) is 0 Å². The van der Waals surface area contributed by atoms with Crippen molar-refractivity contribution in [3.05, 3.63) is 0 Å². The zero-order valence-corrected chi connectivity index (χ0v) is 13.0. The Morgan fingerprint density at radius 1 is 1.24 bits per heavy atom. The highest BCUT2D eigenvalue weighted by Gasteiger charge is 2.06. The first-order chi connectivity index (χ1) is 8.07. The molecule has 104 valence electrons. The van der Waals surface area contributed by atoms with Crippen molar-refractivity contribution in [2.75, 3.05) is 45.3 Å². The van der Waals surface area contributed by atoms with Crippen molar-refractivity contribution in [3.8, 4) is 0 Å². The minimum atomic E-state index is 0.355. The third-order valence-corrected chi connectivity index (χ3v) is 3.57. The van der Waals surface area contributed by atoms with Crippen LogP contribution in [0.15, 0.2) is 0 Å². The molecule has 0 aromatic heterocycles. The Labute approximate surface area is 112 Å². The molecule has 0 rings (SSSR count). The van der Waals surface area contributed by atoms with Crippen molar-refractivity contribution in [1.82, 2.24) is 10.2 Å². The maximum absolute atomic E-state index is 5.49. The average molecular weight is 262 g/mol. The quantitative estimate of drug-likeness (QED) is 0.576. The summed E-state index contributed by atoms with van der Waals surface area (Å²) >= 11 is 1.91. The molecule has 0 saturated carbocycles. The van der Waals surface area contributed by atoms with E-state index in [2.05, 4.69) is 44.3 Å². The van der Waals surface area contributed by atoms with Gasteiger partial charge in [0.15, 0.2) is 0 Å². The first kappa shape index (κ1) is 17.2. The molecule has 0 radical (unpaired) electrons. The second kappa shape index (κ2) is 11.3. The molecular weight excluding hydrogens is 232 g/mol. The fourth-order valence-corrected chi connectivity index (χ4v) is 2.22. The summed E-state index contributed by atoms with van der Waals surface area (Å²) in [6.07, 6.45) is 3.62. The van der Waals surface area contributed by atoms with Crippen molar-refractivity contribution in [2.45, 2.75) is 39.3 Å². The summed E-state index contributed by atoms with van der Waals surface area (Å²) in [5.41, 5.74) is 0. The van der Waals surface area contributed by atoms with Gasteiger partial charge in [-0.3, -0.25) is 0 Å². The van der Waals surface area contributed by atoms with Crippen molar-refractivity contribution in [1.29, 1.82) is 0 Å². The summed E-state index contributed by atoms with van der Waals surface area (Å²) in [5, 5.41) is 3.46. The van der Waals surface area contributed by atoms with Crippen LogP contribution in [0, 0.1) is 0 Å². The fourth-order valence-electron chi connectivity index (χ4n) is 1.49. The van der Waals surface area contributed by atoms with Crippen LogP contribution in [0.3, 0.4) is 0 Å². The van der Waals surface area contributed by atoms with E-state index in [4.69, 9.17) is 4.74 Å². The van der Waals surface area contributed by atoms with E-state index >= 15 is 0 Å². The summed E-state index contributed by atoms with van der Waals surface area (Å²) < 4.78 is 5.49. The molecule has 0 spiro atoms. The maximum Gasteiger partial charge on any atom is 0.0518 e. The van der Waals surface area contributed by atoms with E-state index in [1.54, 1.807) is 0 Å². The highest BCUT2D eigenvalue weighted by molar-refractivity contribution is 7.98. The Morgan fingerprint density at radius 2 is 1.94 bits per heavy atom. The standard InChI is InChI=1S/C13H30N2OS/c1-12(2)16-10-6-7-14-8-9-15(4)13(3)11-17-5/h12-14H,6-11H2,1-5H3. The molecule has 1 atom stereocenters. The Hall–Kier alpha value is 0.230. The molecule has 0 amide bonds. The van der Waals surface area contributed by atoms with E-state index < -0.39 is 0 Å². The number of hydrogen-bond donors (Lipinski definition) is 1.